The highest BCUT2D eigenvalue weighted by atomic mass is 19.1. The van der Waals surface area contributed by atoms with Crippen LogP contribution in [0.25, 0.3) is 0 Å². The number of piperidine rings is 1. The maximum Gasteiger partial charge on any atom is 0.165 e. The molecule has 106 valence electrons. The first kappa shape index (κ1) is 14.3. The van der Waals surface area contributed by atoms with Gasteiger partial charge in [-0.3, -0.25) is 4.90 Å². The van der Waals surface area contributed by atoms with Crippen molar-refractivity contribution in [2.75, 3.05) is 20.2 Å². The van der Waals surface area contributed by atoms with E-state index in [0.29, 0.717) is 0 Å². The first-order valence-electron chi connectivity index (χ1n) is 6.96. The standard InChI is InChI=1S/C15H23FN2O/c1-11(17)15(18-8-4-3-5-9-18)12-6-7-14(19-2)13(16)10-12/h6-7,10-11,15H,3-5,8-9,17H2,1-2H3. The van der Waals surface area contributed by atoms with Crippen molar-refractivity contribution in [3.05, 3.63) is 29.6 Å². The molecular weight excluding hydrogens is 243 g/mol. The summed E-state index contributed by atoms with van der Waals surface area (Å²) in [5.74, 6) is -0.0338. The van der Waals surface area contributed by atoms with E-state index in [1.165, 1.54) is 26.4 Å². The third-order valence-electron chi connectivity index (χ3n) is 3.80. The van der Waals surface area contributed by atoms with E-state index in [0.717, 1.165) is 18.7 Å². The third kappa shape index (κ3) is 3.25. The molecule has 3 nitrogen and oxygen atoms in total. The molecule has 0 spiro atoms. The fourth-order valence-electron chi connectivity index (χ4n) is 2.91. The summed E-state index contributed by atoms with van der Waals surface area (Å²) in [6.07, 6.45) is 3.67. The second kappa shape index (κ2) is 6.35. The highest BCUT2D eigenvalue weighted by molar-refractivity contribution is 5.31. The highest BCUT2D eigenvalue weighted by Crippen LogP contribution is 2.29. The third-order valence-corrected chi connectivity index (χ3v) is 3.80. The van der Waals surface area contributed by atoms with Gasteiger partial charge >= 0.3 is 0 Å². The van der Waals surface area contributed by atoms with E-state index in [1.807, 2.05) is 13.0 Å². The maximum absolute atomic E-state index is 13.9. The van der Waals surface area contributed by atoms with Crippen molar-refractivity contribution in [3.8, 4) is 5.75 Å². The second-order valence-electron chi connectivity index (χ2n) is 5.29. The number of halogens is 1. The number of methoxy groups -OCH3 is 1. The Balaban J connectivity index is 2.25. The molecule has 2 N–H and O–H groups in total. The molecule has 4 heteroatoms. The number of ether oxygens (including phenoxy) is 1. The summed E-state index contributed by atoms with van der Waals surface area (Å²) in [6.45, 7) is 4.07. The van der Waals surface area contributed by atoms with E-state index < -0.39 is 0 Å². The maximum atomic E-state index is 13.9. The summed E-state index contributed by atoms with van der Waals surface area (Å²) in [7, 11) is 1.48. The number of benzene rings is 1. The van der Waals surface area contributed by atoms with E-state index in [9.17, 15) is 4.39 Å². The Kier molecular flexibility index (Phi) is 4.77. The monoisotopic (exact) mass is 266 g/mol. The van der Waals surface area contributed by atoms with Crippen molar-refractivity contribution in [1.82, 2.24) is 4.90 Å². The van der Waals surface area contributed by atoms with Gasteiger partial charge in [-0.1, -0.05) is 12.5 Å². The molecule has 0 saturated carbocycles. The number of hydrogen-bond acceptors (Lipinski definition) is 3. The van der Waals surface area contributed by atoms with Gasteiger partial charge in [0.05, 0.1) is 7.11 Å². The van der Waals surface area contributed by atoms with Gasteiger partial charge < -0.3 is 10.5 Å². The first-order chi connectivity index (χ1) is 9.13. The van der Waals surface area contributed by atoms with Crippen molar-refractivity contribution < 1.29 is 9.13 Å². The van der Waals surface area contributed by atoms with Gasteiger partial charge in [-0.05, 0) is 50.6 Å². The van der Waals surface area contributed by atoms with Gasteiger partial charge in [0.25, 0.3) is 0 Å². The van der Waals surface area contributed by atoms with E-state index >= 15 is 0 Å². The topological polar surface area (TPSA) is 38.5 Å². The molecule has 1 saturated heterocycles. The van der Waals surface area contributed by atoms with Crippen molar-refractivity contribution in [2.24, 2.45) is 5.73 Å². The number of likely N-dealkylation sites (tertiary alicyclic amines) is 1. The van der Waals surface area contributed by atoms with E-state index in [4.69, 9.17) is 10.5 Å². The Labute approximate surface area is 114 Å². The molecule has 19 heavy (non-hydrogen) atoms. The van der Waals surface area contributed by atoms with Crippen LogP contribution in [0.1, 0.15) is 37.8 Å². The van der Waals surface area contributed by atoms with Crippen molar-refractivity contribution >= 4 is 0 Å². The van der Waals surface area contributed by atoms with Gasteiger partial charge in [0.1, 0.15) is 0 Å². The van der Waals surface area contributed by atoms with Crippen LogP contribution in [-0.2, 0) is 0 Å². The molecule has 0 bridgehead atoms. The quantitative estimate of drug-likeness (QED) is 0.910. The largest absolute Gasteiger partial charge is 0.494 e. The lowest BCUT2D eigenvalue weighted by atomic mass is 9.96. The highest BCUT2D eigenvalue weighted by Gasteiger charge is 2.26. The zero-order valence-electron chi connectivity index (χ0n) is 11.7. The Bertz CT molecular complexity index is 417. The van der Waals surface area contributed by atoms with Crippen molar-refractivity contribution in [2.45, 2.75) is 38.3 Å². The fraction of sp³-hybridized carbons (Fsp3) is 0.600. The lowest BCUT2D eigenvalue weighted by molar-refractivity contribution is 0.146. The Morgan fingerprint density at radius 1 is 1.26 bits per heavy atom. The fourth-order valence-corrected chi connectivity index (χ4v) is 2.91. The number of nitrogens with zero attached hydrogens (tertiary/aromatic N) is 1. The van der Waals surface area contributed by atoms with Crippen LogP contribution in [0.2, 0.25) is 0 Å². The number of nitrogens with two attached hydrogens (primary N) is 1. The summed E-state index contributed by atoms with van der Waals surface area (Å²) < 4.78 is 18.8. The summed E-state index contributed by atoms with van der Waals surface area (Å²) in [4.78, 5) is 2.37. The minimum Gasteiger partial charge on any atom is -0.494 e. The predicted molar refractivity (Wildman–Crippen MR) is 74.8 cm³/mol. The molecule has 1 fully saturated rings. The van der Waals surface area contributed by atoms with E-state index in [2.05, 4.69) is 4.90 Å². The van der Waals surface area contributed by atoms with Gasteiger partial charge in [-0.15, -0.1) is 0 Å². The Morgan fingerprint density at radius 3 is 2.47 bits per heavy atom. The molecule has 1 aliphatic rings. The molecule has 2 rings (SSSR count). The first-order valence-corrected chi connectivity index (χ1v) is 6.96. The van der Waals surface area contributed by atoms with Crippen LogP contribution in [0.15, 0.2) is 18.2 Å². The van der Waals surface area contributed by atoms with Crippen LogP contribution in [0.5, 0.6) is 5.75 Å². The normalized spacial score (nSPS) is 20.0. The van der Waals surface area contributed by atoms with Crippen molar-refractivity contribution in [3.63, 3.8) is 0 Å². The summed E-state index contributed by atoms with van der Waals surface area (Å²) in [5.41, 5.74) is 7.06. The molecule has 1 aromatic rings. The Morgan fingerprint density at radius 2 is 1.95 bits per heavy atom. The van der Waals surface area contributed by atoms with Gasteiger partial charge in [0.2, 0.25) is 0 Å². The Hall–Kier alpha value is -1.13. The van der Waals surface area contributed by atoms with Crippen LogP contribution in [-0.4, -0.2) is 31.1 Å². The predicted octanol–water partition coefficient (Wildman–Crippen LogP) is 2.71. The lowest BCUT2D eigenvalue weighted by Crippen LogP contribution is -2.42. The minimum absolute atomic E-state index is 0.0223. The zero-order chi connectivity index (χ0) is 13.8. The molecular formula is C15H23FN2O. The van der Waals surface area contributed by atoms with Crippen LogP contribution < -0.4 is 10.5 Å². The summed E-state index contributed by atoms with van der Waals surface area (Å²) in [6, 6.07) is 5.22. The molecule has 0 aliphatic carbocycles. The van der Waals surface area contributed by atoms with E-state index in [-0.39, 0.29) is 23.7 Å². The smallest absolute Gasteiger partial charge is 0.165 e. The van der Waals surface area contributed by atoms with Gasteiger partial charge in [0, 0.05) is 12.1 Å². The lowest BCUT2D eigenvalue weighted by Gasteiger charge is -2.37. The zero-order valence-corrected chi connectivity index (χ0v) is 11.7. The second-order valence-corrected chi connectivity index (χ2v) is 5.29. The van der Waals surface area contributed by atoms with Gasteiger partial charge in [-0.25, -0.2) is 4.39 Å². The average Bonchev–Trinajstić information content (AvgIpc) is 2.40. The van der Waals surface area contributed by atoms with Crippen LogP contribution in [0, 0.1) is 5.82 Å². The average molecular weight is 266 g/mol. The molecule has 1 aliphatic heterocycles. The molecule has 1 aromatic carbocycles. The summed E-state index contributed by atoms with van der Waals surface area (Å²) >= 11 is 0. The molecule has 2 unspecified atom stereocenters. The molecule has 1 heterocycles. The van der Waals surface area contributed by atoms with Crippen LogP contribution >= 0.6 is 0 Å². The van der Waals surface area contributed by atoms with Gasteiger partial charge in [-0.2, -0.15) is 0 Å². The van der Waals surface area contributed by atoms with Gasteiger partial charge in [0.15, 0.2) is 11.6 Å². The molecule has 0 radical (unpaired) electrons. The van der Waals surface area contributed by atoms with Crippen LogP contribution in [0.4, 0.5) is 4.39 Å². The number of hydrogen-bond donors (Lipinski definition) is 1. The van der Waals surface area contributed by atoms with Crippen molar-refractivity contribution in [1.29, 1.82) is 0 Å². The van der Waals surface area contributed by atoms with E-state index in [1.54, 1.807) is 12.1 Å². The van der Waals surface area contributed by atoms with Crippen LogP contribution in [0.3, 0.4) is 0 Å². The minimum atomic E-state index is -0.317. The molecule has 2 atom stereocenters. The SMILES string of the molecule is COc1ccc(C(C(C)N)N2CCCCC2)cc1F. The molecule has 0 amide bonds. The number of rotatable bonds is 4. The summed E-state index contributed by atoms with van der Waals surface area (Å²) in [5, 5.41) is 0. The molecule has 0 aromatic heterocycles.